The van der Waals surface area contributed by atoms with Crippen LogP contribution in [0.1, 0.15) is 0 Å². The van der Waals surface area contributed by atoms with Gasteiger partial charge in [0.2, 0.25) is 5.82 Å². The van der Waals surface area contributed by atoms with Crippen molar-refractivity contribution in [3.05, 3.63) is 39.7 Å². The van der Waals surface area contributed by atoms with Gasteiger partial charge in [0.25, 0.3) is 5.88 Å². The van der Waals surface area contributed by atoms with E-state index >= 15 is 0 Å². The predicted molar refractivity (Wildman–Crippen MR) is 70.2 cm³/mol. The zero-order valence-electron chi connectivity index (χ0n) is 9.36. The van der Waals surface area contributed by atoms with Crippen LogP contribution in [-0.4, -0.2) is 26.4 Å². The Morgan fingerprint density at radius 2 is 2.21 bits per heavy atom. The fourth-order valence-corrected chi connectivity index (χ4v) is 2.01. The molecule has 0 saturated heterocycles. The lowest BCUT2D eigenvalue weighted by molar-refractivity contribution is -0.385. The maximum atomic E-state index is 10.9. The number of halogens is 2. The fraction of sp³-hybridized carbons (Fsp3) is 0.200. The number of anilines is 1. The second kappa shape index (κ2) is 5.41. The third kappa shape index (κ3) is 2.94. The standard InChI is InChI=1S/C10H8Cl2N4O3/c11-5-1-2-7(6(12)3-5)19-10-8(16(17)18)9(13)14-4-15-10/h1-4,6-7H,(H2,13,14,15). The summed E-state index contributed by atoms with van der Waals surface area (Å²) < 4.78 is 5.39. The molecule has 19 heavy (non-hydrogen) atoms. The van der Waals surface area contributed by atoms with E-state index in [2.05, 4.69) is 9.97 Å². The summed E-state index contributed by atoms with van der Waals surface area (Å²) in [6, 6.07) is 0. The first kappa shape index (κ1) is 13.6. The molecule has 0 aliphatic heterocycles. The van der Waals surface area contributed by atoms with Gasteiger partial charge in [-0.25, -0.2) is 4.98 Å². The number of aromatic nitrogens is 2. The molecule has 2 rings (SSSR count). The lowest BCUT2D eigenvalue weighted by Crippen LogP contribution is -2.27. The molecule has 1 aliphatic rings. The van der Waals surface area contributed by atoms with Crippen molar-refractivity contribution < 1.29 is 9.66 Å². The van der Waals surface area contributed by atoms with Crippen molar-refractivity contribution in [2.75, 3.05) is 5.73 Å². The number of nitro groups is 1. The van der Waals surface area contributed by atoms with Crippen LogP contribution in [-0.2, 0) is 0 Å². The molecule has 0 saturated carbocycles. The molecule has 0 bridgehead atoms. The van der Waals surface area contributed by atoms with Crippen molar-refractivity contribution in [2.45, 2.75) is 11.5 Å². The third-order valence-corrected chi connectivity index (χ3v) is 2.95. The topological polar surface area (TPSA) is 104 Å². The molecular weight excluding hydrogens is 295 g/mol. The van der Waals surface area contributed by atoms with Gasteiger partial charge in [-0.2, -0.15) is 4.98 Å². The largest absolute Gasteiger partial charge is 0.463 e. The van der Waals surface area contributed by atoms with E-state index < -0.39 is 22.1 Å². The Morgan fingerprint density at radius 3 is 2.84 bits per heavy atom. The second-order valence-electron chi connectivity index (χ2n) is 3.61. The normalized spacial score (nSPS) is 21.9. The number of hydrogen-bond donors (Lipinski definition) is 1. The van der Waals surface area contributed by atoms with Crippen molar-refractivity contribution in [1.82, 2.24) is 9.97 Å². The number of allylic oxidation sites excluding steroid dienone is 2. The number of alkyl halides is 1. The molecule has 2 unspecified atom stereocenters. The van der Waals surface area contributed by atoms with E-state index in [9.17, 15) is 10.1 Å². The van der Waals surface area contributed by atoms with E-state index in [4.69, 9.17) is 33.7 Å². The molecule has 9 heteroatoms. The van der Waals surface area contributed by atoms with Gasteiger partial charge in [-0.05, 0) is 18.2 Å². The monoisotopic (exact) mass is 302 g/mol. The van der Waals surface area contributed by atoms with Gasteiger partial charge in [-0.15, -0.1) is 11.6 Å². The van der Waals surface area contributed by atoms with Crippen molar-refractivity contribution in [3.8, 4) is 5.88 Å². The van der Waals surface area contributed by atoms with Crippen LogP contribution in [0, 0.1) is 10.1 Å². The van der Waals surface area contributed by atoms with Gasteiger partial charge < -0.3 is 10.5 Å². The minimum atomic E-state index is -0.705. The van der Waals surface area contributed by atoms with Crippen LogP contribution in [0.25, 0.3) is 0 Å². The molecule has 0 fully saturated rings. The van der Waals surface area contributed by atoms with E-state index in [0.717, 1.165) is 6.33 Å². The first-order chi connectivity index (χ1) is 8.99. The van der Waals surface area contributed by atoms with Gasteiger partial charge in [0.15, 0.2) is 0 Å². The number of hydrogen-bond acceptors (Lipinski definition) is 6. The Bertz CT molecular complexity index is 576. The van der Waals surface area contributed by atoms with E-state index in [0.29, 0.717) is 5.03 Å². The van der Waals surface area contributed by atoms with Crippen LogP contribution in [0.4, 0.5) is 11.5 Å². The molecule has 100 valence electrons. The Morgan fingerprint density at radius 1 is 1.47 bits per heavy atom. The smallest absolute Gasteiger partial charge is 0.372 e. The molecule has 0 amide bonds. The van der Waals surface area contributed by atoms with Gasteiger partial charge in [-0.1, -0.05) is 11.6 Å². The third-order valence-electron chi connectivity index (χ3n) is 2.32. The fourth-order valence-electron chi connectivity index (χ4n) is 1.46. The van der Waals surface area contributed by atoms with E-state index in [1.165, 1.54) is 0 Å². The lowest BCUT2D eigenvalue weighted by Gasteiger charge is -2.20. The molecule has 2 N–H and O–H groups in total. The van der Waals surface area contributed by atoms with Crippen LogP contribution in [0.15, 0.2) is 29.6 Å². The summed E-state index contributed by atoms with van der Waals surface area (Å²) in [5.74, 6) is -0.501. The number of rotatable bonds is 3. The van der Waals surface area contributed by atoms with Gasteiger partial charge in [0.05, 0.1) is 10.3 Å². The molecular formula is C10H8Cl2N4O3. The summed E-state index contributed by atoms with van der Waals surface area (Å²) in [6.45, 7) is 0. The summed E-state index contributed by atoms with van der Waals surface area (Å²) in [7, 11) is 0. The minimum Gasteiger partial charge on any atom is -0.463 e. The number of ether oxygens (including phenoxy) is 1. The van der Waals surface area contributed by atoms with Crippen LogP contribution in [0.2, 0.25) is 0 Å². The first-order valence-corrected chi connectivity index (χ1v) is 5.91. The number of nitrogens with zero attached hydrogens (tertiary/aromatic N) is 3. The number of nitrogen functional groups attached to an aromatic ring is 1. The molecule has 1 aliphatic carbocycles. The highest BCUT2D eigenvalue weighted by Crippen LogP contribution is 2.31. The zero-order chi connectivity index (χ0) is 14.0. The quantitative estimate of drug-likeness (QED) is 0.520. The molecule has 0 radical (unpaired) electrons. The first-order valence-electron chi connectivity index (χ1n) is 5.10. The highest BCUT2D eigenvalue weighted by molar-refractivity contribution is 6.32. The Kier molecular flexibility index (Phi) is 3.87. The minimum absolute atomic E-state index is 0.232. The average Bonchev–Trinajstić information content (AvgIpc) is 2.32. The number of nitrogens with two attached hydrogens (primary N) is 1. The van der Waals surface area contributed by atoms with Crippen molar-refractivity contribution in [2.24, 2.45) is 0 Å². The van der Waals surface area contributed by atoms with E-state index in [1.807, 2.05) is 0 Å². The summed E-state index contributed by atoms with van der Waals surface area (Å²) >= 11 is 11.8. The molecule has 1 aromatic heterocycles. The van der Waals surface area contributed by atoms with Crippen molar-refractivity contribution in [1.29, 1.82) is 0 Å². The van der Waals surface area contributed by atoms with Crippen LogP contribution in [0.5, 0.6) is 5.88 Å². The Hall–Kier alpha value is -1.86. The van der Waals surface area contributed by atoms with Gasteiger partial charge in [0.1, 0.15) is 12.4 Å². The molecule has 0 aromatic carbocycles. The van der Waals surface area contributed by atoms with Crippen LogP contribution < -0.4 is 10.5 Å². The van der Waals surface area contributed by atoms with Gasteiger partial charge >= 0.3 is 5.69 Å². The van der Waals surface area contributed by atoms with Gasteiger partial charge in [-0.3, -0.25) is 10.1 Å². The highest BCUT2D eigenvalue weighted by Gasteiger charge is 2.27. The maximum absolute atomic E-state index is 10.9. The maximum Gasteiger partial charge on any atom is 0.372 e. The van der Waals surface area contributed by atoms with Crippen molar-refractivity contribution in [3.63, 3.8) is 0 Å². The van der Waals surface area contributed by atoms with Crippen molar-refractivity contribution >= 4 is 34.7 Å². The Labute approximate surface area is 117 Å². The molecule has 7 nitrogen and oxygen atoms in total. The predicted octanol–water partition coefficient (Wildman–Crippen LogP) is 2.01. The van der Waals surface area contributed by atoms with Crippen LogP contribution in [0.3, 0.4) is 0 Å². The highest BCUT2D eigenvalue weighted by atomic mass is 35.5. The molecule has 1 aromatic rings. The average molecular weight is 303 g/mol. The molecule has 2 atom stereocenters. The lowest BCUT2D eigenvalue weighted by atomic mass is 10.1. The molecule has 1 heterocycles. The van der Waals surface area contributed by atoms with Crippen LogP contribution >= 0.6 is 23.2 Å². The molecule has 0 spiro atoms. The SMILES string of the molecule is Nc1ncnc(OC2C=CC(Cl)=CC2Cl)c1[N+](=O)[O-]. The van der Waals surface area contributed by atoms with Gasteiger partial charge in [0, 0.05) is 5.03 Å². The second-order valence-corrected chi connectivity index (χ2v) is 4.55. The van der Waals surface area contributed by atoms with E-state index in [-0.39, 0.29) is 11.7 Å². The van der Waals surface area contributed by atoms with E-state index in [1.54, 1.807) is 18.2 Å². The summed E-state index contributed by atoms with van der Waals surface area (Å²) in [5, 5.41) is 10.8. The summed E-state index contributed by atoms with van der Waals surface area (Å²) in [4.78, 5) is 17.4. The Balaban J connectivity index is 2.28. The zero-order valence-corrected chi connectivity index (χ0v) is 10.9. The summed E-state index contributed by atoms with van der Waals surface area (Å²) in [6.07, 6.45) is 5.18. The summed E-state index contributed by atoms with van der Waals surface area (Å²) in [5.41, 5.74) is 4.94.